The van der Waals surface area contributed by atoms with E-state index in [2.05, 4.69) is 4.98 Å². The van der Waals surface area contributed by atoms with Gasteiger partial charge in [0.2, 0.25) is 0 Å². The van der Waals surface area contributed by atoms with Gasteiger partial charge in [0, 0.05) is 19.2 Å². The van der Waals surface area contributed by atoms with Crippen molar-refractivity contribution in [2.75, 3.05) is 18.1 Å². The molecule has 0 amide bonds. The van der Waals surface area contributed by atoms with E-state index in [4.69, 9.17) is 10.2 Å². The van der Waals surface area contributed by atoms with Crippen LogP contribution in [-0.4, -0.2) is 40.4 Å². The lowest BCUT2D eigenvalue weighted by atomic mass is 10.1. The van der Waals surface area contributed by atoms with Crippen LogP contribution in [0.1, 0.15) is 36.0 Å². The second-order valence-electron chi connectivity index (χ2n) is 4.69. The van der Waals surface area contributed by atoms with E-state index in [1.165, 1.54) is 0 Å². The van der Waals surface area contributed by atoms with Crippen molar-refractivity contribution >= 4 is 11.8 Å². The Kier molecular flexibility index (Phi) is 4.31. The molecular formula is C13H17FN2O3. The number of carboxylic acids is 1. The molecule has 2 rings (SSSR count). The highest BCUT2D eigenvalue weighted by Gasteiger charge is 2.28. The Bertz CT molecular complexity index is 467. The first-order chi connectivity index (χ1) is 9.13. The van der Waals surface area contributed by atoms with Gasteiger partial charge in [0.05, 0.1) is 6.20 Å². The van der Waals surface area contributed by atoms with Crippen LogP contribution in [0.2, 0.25) is 0 Å². The number of aliphatic hydroxyl groups excluding tert-OH is 1. The van der Waals surface area contributed by atoms with E-state index in [0.717, 1.165) is 38.1 Å². The minimum Gasteiger partial charge on any atom is -0.478 e. The van der Waals surface area contributed by atoms with Crippen molar-refractivity contribution in [1.29, 1.82) is 0 Å². The molecule has 1 unspecified atom stereocenters. The second kappa shape index (κ2) is 5.97. The molecule has 0 bridgehead atoms. The van der Waals surface area contributed by atoms with E-state index in [1.807, 2.05) is 4.90 Å². The van der Waals surface area contributed by atoms with Crippen molar-refractivity contribution in [2.24, 2.45) is 0 Å². The van der Waals surface area contributed by atoms with E-state index in [-0.39, 0.29) is 18.2 Å². The van der Waals surface area contributed by atoms with E-state index < -0.39 is 11.8 Å². The molecule has 19 heavy (non-hydrogen) atoms. The molecule has 1 aliphatic heterocycles. The smallest absolute Gasteiger partial charge is 0.339 e. The fraction of sp³-hybridized carbons (Fsp3) is 0.538. The van der Waals surface area contributed by atoms with Crippen molar-refractivity contribution in [3.8, 4) is 0 Å². The van der Waals surface area contributed by atoms with Crippen LogP contribution in [0.25, 0.3) is 0 Å². The van der Waals surface area contributed by atoms with Gasteiger partial charge in [-0.1, -0.05) is 0 Å². The molecular weight excluding hydrogens is 251 g/mol. The van der Waals surface area contributed by atoms with Gasteiger partial charge in [-0.05, 0) is 31.7 Å². The third-order valence-electron chi connectivity index (χ3n) is 3.41. The third-order valence-corrected chi connectivity index (χ3v) is 3.41. The predicted octanol–water partition coefficient (Wildman–Crippen LogP) is 1.66. The summed E-state index contributed by atoms with van der Waals surface area (Å²) in [4.78, 5) is 17.0. The first kappa shape index (κ1) is 13.7. The van der Waals surface area contributed by atoms with Gasteiger partial charge < -0.3 is 15.1 Å². The Morgan fingerprint density at radius 1 is 1.58 bits per heavy atom. The van der Waals surface area contributed by atoms with E-state index >= 15 is 0 Å². The van der Waals surface area contributed by atoms with Crippen LogP contribution in [0.4, 0.5) is 10.2 Å². The number of pyridine rings is 1. The standard InChI is InChI=1S/C13H17FN2O3/c14-9-7-11(13(18)19)12(15-8-9)16-5-1-3-10(16)4-2-6-17/h7-8,10,17H,1-6H2,(H,18,19). The maximum absolute atomic E-state index is 13.1. The van der Waals surface area contributed by atoms with Crippen LogP contribution < -0.4 is 4.90 Å². The fourth-order valence-corrected chi connectivity index (χ4v) is 2.56. The largest absolute Gasteiger partial charge is 0.478 e. The summed E-state index contributed by atoms with van der Waals surface area (Å²) in [6.07, 6.45) is 4.40. The van der Waals surface area contributed by atoms with Crippen molar-refractivity contribution in [2.45, 2.75) is 31.7 Å². The fourth-order valence-electron chi connectivity index (χ4n) is 2.56. The maximum Gasteiger partial charge on any atom is 0.339 e. The second-order valence-corrected chi connectivity index (χ2v) is 4.69. The zero-order chi connectivity index (χ0) is 13.8. The number of carboxylic acid groups (broad SMARTS) is 1. The molecule has 0 aliphatic carbocycles. The van der Waals surface area contributed by atoms with Gasteiger partial charge in [-0.2, -0.15) is 0 Å². The van der Waals surface area contributed by atoms with Gasteiger partial charge >= 0.3 is 5.97 Å². The number of halogens is 1. The van der Waals surface area contributed by atoms with Gasteiger partial charge in [0.1, 0.15) is 17.2 Å². The monoisotopic (exact) mass is 268 g/mol. The molecule has 2 N–H and O–H groups in total. The summed E-state index contributed by atoms with van der Waals surface area (Å²) < 4.78 is 13.1. The molecule has 0 spiro atoms. The van der Waals surface area contributed by atoms with Crippen molar-refractivity contribution in [3.63, 3.8) is 0 Å². The van der Waals surface area contributed by atoms with Crippen molar-refractivity contribution in [1.82, 2.24) is 4.98 Å². The summed E-state index contributed by atoms with van der Waals surface area (Å²) >= 11 is 0. The molecule has 5 nitrogen and oxygen atoms in total. The molecule has 2 heterocycles. The number of carbonyl (C=O) groups is 1. The summed E-state index contributed by atoms with van der Waals surface area (Å²) in [5.41, 5.74) is -0.101. The minimum absolute atomic E-state index is 0.101. The van der Waals surface area contributed by atoms with E-state index in [1.54, 1.807) is 0 Å². The number of nitrogens with zero attached hydrogens (tertiary/aromatic N) is 2. The highest BCUT2D eigenvalue weighted by molar-refractivity contribution is 5.93. The number of rotatable bonds is 5. The molecule has 0 radical (unpaired) electrons. The summed E-state index contributed by atoms with van der Waals surface area (Å²) in [5, 5.41) is 18.0. The Morgan fingerprint density at radius 2 is 2.37 bits per heavy atom. The van der Waals surface area contributed by atoms with Gasteiger partial charge in [0.15, 0.2) is 0 Å². The molecule has 1 aromatic rings. The summed E-state index contributed by atoms with van der Waals surface area (Å²) in [7, 11) is 0. The summed E-state index contributed by atoms with van der Waals surface area (Å²) in [6, 6.07) is 1.18. The normalized spacial score (nSPS) is 18.8. The van der Waals surface area contributed by atoms with Crippen LogP contribution in [0.5, 0.6) is 0 Å². The number of hydrogen-bond acceptors (Lipinski definition) is 4. The molecule has 0 aromatic carbocycles. The van der Waals surface area contributed by atoms with Gasteiger partial charge in [-0.3, -0.25) is 0 Å². The first-order valence-electron chi connectivity index (χ1n) is 6.40. The molecule has 1 aromatic heterocycles. The van der Waals surface area contributed by atoms with Crippen LogP contribution >= 0.6 is 0 Å². The van der Waals surface area contributed by atoms with E-state index in [9.17, 15) is 9.18 Å². The Hall–Kier alpha value is -1.69. The molecule has 6 heteroatoms. The van der Waals surface area contributed by atoms with E-state index in [0.29, 0.717) is 12.2 Å². The lowest BCUT2D eigenvalue weighted by Gasteiger charge is -2.26. The highest BCUT2D eigenvalue weighted by atomic mass is 19.1. The van der Waals surface area contributed by atoms with Gasteiger partial charge in [-0.15, -0.1) is 0 Å². The zero-order valence-electron chi connectivity index (χ0n) is 10.5. The Balaban J connectivity index is 2.27. The summed E-state index contributed by atoms with van der Waals surface area (Å²) in [6.45, 7) is 0.835. The lowest BCUT2D eigenvalue weighted by Crippen LogP contribution is -2.31. The maximum atomic E-state index is 13.1. The molecule has 104 valence electrons. The van der Waals surface area contributed by atoms with Crippen LogP contribution in [0.3, 0.4) is 0 Å². The molecule has 0 saturated carbocycles. The number of hydrogen-bond donors (Lipinski definition) is 2. The topological polar surface area (TPSA) is 73.7 Å². The average Bonchev–Trinajstić information content (AvgIpc) is 2.84. The number of aliphatic hydroxyl groups is 1. The van der Waals surface area contributed by atoms with Gasteiger partial charge in [0.25, 0.3) is 0 Å². The average molecular weight is 268 g/mol. The SMILES string of the molecule is O=C(O)c1cc(F)cnc1N1CCCC1CCCO. The third kappa shape index (κ3) is 3.01. The Morgan fingerprint density at radius 3 is 3.05 bits per heavy atom. The first-order valence-corrected chi connectivity index (χ1v) is 6.40. The summed E-state index contributed by atoms with van der Waals surface area (Å²) in [5.74, 6) is -1.49. The number of aromatic carboxylic acids is 1. The molecule has 1 saturated heterocycles. The highest BCUT2D eigenvalue weighted by Crippen LogP contribution is 2.29. The lowest BCUT2D eigenvalue weighted by molar-refractivity contribution is 0.0696. The van der Waals surface area contributed by atoms with Crippen LogP contribution in [0.15, 0.2) is 12.3 Å². The van der Waals surface area contributed by atoms with Crippen LogP contribution in [0, 0.1) is 5.82 Å². The molecule has 1 aliphatic rings. The minimum atomic E-state index is -1.17. The molecule has 1 fully saturated rings. The Labute approximate surface area is 110 Å². The quantitative estimate of drug-likeness (QED) is 0.849. The van der Waals surface area contributed by atoms with Crippen molar-refractivity contribution < 1.29 is 19.4 Å². The zero-order valence-corrected chi connectivity index (χ0v) is 10.5. The van der Waals surface area contributed by atoms with Crippen molar-refractivity contribution in [3.05, 3.63) is 23.6 Å². The predicted molar refractivity (Wildman–Crippen MR) is 67.8 cm³/mol. The molecule has 1 atom stereocenters. The van der Waals surface area contributed by atoms with Crippen LogP contribution in [-0.2, 0) is 0 Å². The number of aromatic nitrogens is 1. The van der Waals surface area contributed by atoms with Gasteiger partial charge in [-0.25, -0.2) is 14.2 Å². The number of anilines is 1.